The third-order valence-corrected chi connectivity index (χ3v) is 6.28. The minimum absolute atomic E-state index is 0.115. The Morgan fingerprint density at radius 3 is 2.35 bits per heavy atom. The zero-order valence-electron chi connectivity index (χ0n) is 18.4. The summed E-state index contributed by atoms with van der Waals surface area (Å²) < 4.78 is 29.7. The number of rotatable bonds is 7. The van der Waals surface area contributed by atoms with Crippen LogP contribution in [0.2, 0.25) is 5.02 Å². The van der Waals surface area contributed by atoms with Gasteiger partial charge in [-0.15, -0.1) is 10.2 Å². The van der Waals surface area contributed by atoms with Gasteiger partial charge in [0.15, 0.2) is 11.0 Å². The lowest BCUT2D eigenvalue weighted by Gasteiger charge is -2.17. The zero-order chi connectivity index (χ0) is 24.2. The predicted molar refractivity (Wildman–Crippen MR) is 132 cm³/mol. The van der Waals surface area contributed by atoms with Crippen molar-refractivity contribution in [3.05, 3.63) is 89.0 Å². The van der Waals surface area contributed by atoms with Gasteiger partial charge in [-0.3, -0.25) is 9.36 Å². The largest absolute Gasteiger partial charge is 0.320 e. The molecule has 0 aliphatic heterocycles. The summed E-state index contributed by atoms with van der Waals surface area (Å²) in [7, 11) is 0. The number of carbonyl (C=O) groups is 1. The van der Waals surface area contributed by atoms with Crippen LogP contribution in [0.1, 0.15) is 25.3 Å². The maximum absolute atomic E-state index is 13.9. The Balaban J connectivity index is 1.68. The first kappa shape index (κ1) is 23.9. The van der Waals surface area contributed by atoms with Crippen LogP contribution in [0.4, 0.5) is 14.5 Å². The molecular formula is C25H21ClF2N4OS. The van der Waals surface area contributed by atoms with E-state index >= 15 is 0 Å². The second-order valence-corrected chi connectivity index (χ2v) is 9.17. The molecule has 4 aromatic rings. The lowest BCUT2D eigenvalue weighted by molar-refractivity contribution is -0.113. The summed E-state index contributed by atoms with van der Waals surface area (Å²) in [6.45, 7) is 4.18. The normalized spacial score (nSPS) is 11.1. The Labute approximate surface area is 205 Å². The first-order valence-electron chi connectivity index (χ1n) is 10.5. The summed E-state index contributed by atoms with van der Waals surface area (Å²) in [6, 6.07) is 18.6. The van der Waals surface area contributed by atoms with E-state index in [2.05, 4.69) is 29.4 Å². The molecular weight excluding hydrogens is 478 g/mol. The molecule has 4 rings (SSSR count). The SMILES string of the molecule is CC(C)c1ccccc1-n1c(SCC(=O)Nc2c(F)cccc2F)nnc1-c1ccc(Cl)cc1. The van der Waals surface area contributed by atoms with E-state index in [-0.39, 0.29) is 11.7 Å². The highest BCUT2D eigenvalue weighted by Crippen LogP contribution is 2.32. The third kappa shape index (κ3) is 5.13. The van der Waals surface area contributed by atoms with E-state index in [0.717, 1.165) is 40.7 Å². The summed E-state index contributed by atoms with van der Waals surface area (Å²) in [6.07, 6.45) is 0. The van der Waals surface area contributed by atoms with Crippen molar-refractivity contribution in [1.29, 1.82) is 0 Å². The van der Waals surface area contributed by atoms with Crippen molar-refractivity contribution in [3.63, 3.8) is 0 Å². The number of aromatic nitrogens is 3. The summed E-state index contributed by atoms with van der Waals surface area (Å²) in [4.78, 5) is 12.5. The van der Waals surface area contributed by atoms with Gasteiger partial charge in [0.1, 0.15) is 17.3 Å². The number of hydrogen-bond donors (Lipinski definition) is 1. The summed E-state index contributed by atoms with van der Waals surface area (Å²) >= 11 is 7.18. The minimum Gasteiger partial charge on any atom is -0.320 e. The highest BCUT2D eigenvalue weighted by Gasteiger charge is 2.21. The summed E-state index contributed by atoms with van der Waals surface area (Å²) in [5.74, 6) is -1.53. The number of thioether (sulfide) groups is 1. The fourth-order valence-electron chi connectivity index (χ4n) is 3.47. The number of anilines is 1. The first-order chi connectivity index (χ1) is 16.3. The molecule has 1 heterocycles. The van der Waals surface area contributed by atoms with Crippen molar-refractivity contribution in [2.75, 3.05) is 11.1 Å². The van der Waals surface area contributed by atoms with Crippen LogP contribution in [-0.2, 0) is 4.79 Å². The molecule has 1 aromatic heterocycles. The van der Waals surface area contributed by atoms with Gasteiger partial charge in [0.25, 0.3) is 0 Å². The molecule has 0 radical (unpaired) electrons. The van der Waals surface area contributed by atoms with Crippen LogP contribution in [0.3, 0.4) is 0 Å². The van der Waals surface area contributed by atoms with E-state index in [4.69, 9.17) is 11.6 Å². The van der Waals surface area contributed by atoms with Crippen LogP contribution in [0.15, 0.2) is 71.9 Å². The quantitative estimate of drug-likeness (QED) is 0.287. The number of nitrogens with one attached hydrogen (secondary N) is 1. The number of carbonyl (C=O) groups excluding carboxylic acids is 1. The average Bonchev–Trinajstić information content (AvgIpc) is 3.24. The van der Waals surface area contributed by atoms with E-state index < -0.39 is 23.2 Å². The van der Waals surface area contributed by atoms with E-state index in [0.29, 0.717) is 16.0 Å². The molecule has 0 bridgehead atoms. The van der Waals surface area contributed by atoms with Gasteiger partial charge in [-0.25, -0.2) is 8.78 Å². The van der Waals surface area contributed by atoms with Gasteiger partial charge in [-0.05, 0) is 53.9 Å². The maximum Gasteiger partial charge on any atom is 0.235 e. The third-order valence-electron chi connectivity index (χ3n) is 5.09. The molecule has 0 saturated carbocycles. The summed E-state index contributed by atoms with van der Waals surface area (Å²) in [5, 5.41) is 12.1. The molecule has 0 saturated heterocycles. The van der Waals surface area contributed by atoms with Crippen molar-refractivity contribution in [3.8, 4) is 17.1 Å². The molecule has 0 atom stereocenters. The second-order valence-electron chi connectivity index (χ2n) is 7.80. The molecule has 34 heavy (non-hydrogen) atoms. The van der Waals surface area contributed by atoms with E-state index in [1.165, 1.54) is 6.07 Å². The van der Waals surface area contributed by atoms with Crippen LogP contribution in [-0.4, -0.2) is 26.4 Å². The van der Waals surface area contributed by atoms with Gasteiger partial charge in [0.2, 0.25) is 5.91 Å². The number of para-hydroxylation sites is 2. The molecule has 5 nitrogen and oxygen atoms in total. The van der Waals surface area contributed by atoms with Crippen LogP contribution in [0.25, 0.3) is 17.1 Å². The predicted octanol–water partition coefficient (Wildman–Crippen LogP) is 6.72. The van der Waals surface area contributed by atoms with Crippen LogP contribution in [0.5, 0.6) is 0 Å². The molecule has 0 spiro atoms. The second kappa shape index (κ2) is 10.4. The fraction of sp³-hybridized carbons (Fsp3) is 0.160. The molecule has 0 fully saturated rings. The Morgan fingerprint density at radius 2 is 1.68 bits per heavy atom. The lowest BCUT2D eigenvalue weighted by Crippen LogP contribution is -2.16. The Hall–Kier alpha value is -3.23. The van der Waals surface area contributed by atoms with Crippen molar-refractivity contribution in [2.45, 2.75) is 24.9 Å². The van der Waals surface area contributed by atoms with Gasteiger partial charge in [-0.2, -0.15) is 0 Å². The smallest absolute Gasteiger partial charge is 0.235 e. The number of nitrogens with zero attached hydrogens (tertiary/aromatic N) is 3. The molecule has 9 heteroatoms. The number of amides is 1. The van der Waals surface area contributed by atoms with Crippen molar-refractivity contribution in [2.24, 2.45) is 0 Å². The fourth-order valence-corrected chi connectivity index (χ4v) is 4.34. The Bertz CT molecular complexity index is 1300. The van der Waals surface area contributed by atoms with Gasteiger partial charge >= 0.3 is 0 Å². The highest BCUT2D eigenvalue weighted by atomic mass is 35.5. The Kier molecular flexibility index (Phi) is 7.29. The number of benzene rings is 3. The topological polar surface area (TPSA) is 59.8 Å². The van der Waals surface area contributed by atoms with Crippen LogP contribution in [0, 0.1) is 11.6 Å². The molecule has 0 aliphatic carbocycles. The highest BCUT2D eigenvalue weighted by molar-refractivity contribution is 7.99. The molecule has 0 unspecified atom stereocenters. The van der Waals surface area contributed by atoms with Crippen molar-refractivity contribution >= 4 is 35.0 Å². The number of halogens is 3. The molecule has 0 aliphatic rings. The standard InChI is InChI=1S/C25H21ClF2N4OS/c1-15(2)18-6-3-4-9-21(18)32-24(16-10-12-17(26)13-11-16)30-31-25(32)34-14-22(33)29-23-19(27)7-5-8-20(23)28/h3-13,15H,14H2,1-2H3,(H,29,33). The minimum atomic E-state index is -0.836. The van der Waals surface area contributed by atoms with E-state index in [1.807, 2.05) is 41.0 Å². The summed E-state index contributed by atoms with van der Waals surface area (Å²) in [5.41, 5.74) is 2.30. The van der Waals surface area contributed by atoms with Gasteiger partial charge < -0.3 is 5.32 Å². The van der Waals surface area contributed by atoms with Crippen LogP contribution < -0.4 is 5.32 Å². The maximum atomic E-state index is 13.9. The van der Waals surface area contributed by atoms with Gasteiger partial charge in [-0.1, -0.05) is 61.5 Å². The molecule has 3 aromatic carbocycles. The molecule has 1 N–H and O–H groups in total. The van der Waals surface area contributed by atoms with Crippen molar-refractivity contribution < 1.29 is 13.6 Å². The average molecular weight is 499 g/mol. The lowest BCUT2D eigenvalue weighted by atomic mass is 10.0. The zero-order valence-corrected chi connectivity index (χ0v) is 20.0. The van der Waals surface area contributed by atoms with Crippen LogP contribution >= 0.6 is 23.4 Å². The van der Waals surface area contributed by atoms with E-state index in [9.17, 15) is 13.6 Å². The monoisotopic (exact) mass is 498 g/mol. The van der Waals surface area contributed by atoms with Gasteiger partial charge in [0, 0.05) is 10.6 Å². The van der Waals surface area contributed by atoms with Gasteiger partial charge in [0.05, 0.1) is 11.4 Å². The number of hydrogen-bond acceptors (Lipinski definition) is 4. The van der Waals surface area contributed by atoms with E-state index in [1.54, 1.807) is 12.1 Å². The van der Waals surface area contributed by atoms with Crippen molar-refractivity contribution in [1.82, 2.24) is 14.8 Å². The molecule has 174 valence electrons. The first-order valence-corrected chi connectivity index (χ1v) is 11.9. The Morgan fingerprint density at radius 1 is 1.00 bits per heavy atom. The molecule has 1 amide bonds.